The molecule has 2 heterocycles. The van der Waals surface area contributed by atoms with Crippen molar-refractivity contribution >= 4 is 33.3 Å². The second-order valence-electron chi connectivity index (χ2n) is 5.64. The van der Waals surface area contributed by atoms with Crippen LogP contribution in [0.25, 0.3) is 10.2 Å². The Labute approximate surface area is 130 Å². The average Bonchev–Trinajstić information content (AvgIpc) is 2.89. The zero-order chi connectivity index (χ0) is 15.2. The second kappa shape index (κ2) is 7.56. The topological polar surface area (TPSA) is 75.9 Å². The van der Waals surface area contributed by atoms with Crippen molar-refractivity contribution in [3.63, 3.8) is 0 Å². The SMILES string of the molecule is CCc1cc2c(NCCCCC(C)C)nc(NN)nc2s1. The first-order valence-corrected chi connectivity index (χ1v) is 8.46. The highest BCUT2D eigenvalue weighted by Gasteiger charge is 2.10. The Morgan fingerprint density at radius 2 is 2.10 bits per heavy atom. The number of unbranched alkanes of at least 4 members (excludes halogenated alkanes) is 1. The molecule has 2 aromatic heterocycles. The van der Waals surface area contributed by atoms with E-state index in [0.29, 0.717) is 5.95 Å². The number of aromatic nitrogens is 2. The molecule has 116 valence electrons. The van der Waals surface area contributed by atoms with E-state index in [1.165, 1.54) is 17.7 Å². The summed E-state index contributed by atoms with van der Waals surface area (Å²) in [5.41, 5.74) is 2.55. The fraction of sp³-hybridized carbons (Fsp3) is 0.600. The number of hydrazine groups is 1. The quantitative estimate of drug-likeness (QED) is 0.393. The maximum absolute atomic E-state index is 5.46. The third-order valence-corrected chi connectivity index (χ3v) is 4.60. The average molecular weight is 307 g/mol. The number of nitrogens with two attached hydrogens (primary N) is 1. The number of nitrogen functional groups attached to an aromatic ring is 1. The third-order valence-electron chi connectivity index (χ3n) is 3.42. The smallest absolute Gasteiger partial charge is 0.240 e. The van der Waals surface area contributed by atoms with Gasteiger partial charge >= 0.3 is 0 Å². The van der Waals surface area contributed by atoms with Crippen molar-refractivity contribution < 1.29 is 0 Å². The van der Waals surface area contributed by atoms with Crippen molar-refractivity contribution in [3.8, 4) is 0 Å². The molecule has 6 heteroatoms. The normalized spacial score (nSPS) is 11.3. The van der Waals surface area contributed by atoms with Crippen molar-refractivity contribution in [2.24, 2.45) is 11.8 Å². The molecule has 0 atom stereocenters. The highest BCUT2D eigenvalue weighted by molar-refractivity contribution is 7.18. The molecule has 5 nitrogen and oxygen atoms in total. The van der Waals surface area contributed by atoms with Crippen molar-refractivity contribution in [2.75, 3.05) is 17.3 Å². The monoisotopic (exact) mass is 307 g/mol. The summed E-state index contributed by atoms with van der Waals surface area (Å²) in [6.07, 6.45) is 4.68. The maximum atomic E-state index is 5.46. The number of nitrogens with one attached hydrogen (secondary N) is 2. The van der Waals surface area contributed by atoms with Gasteiger partial charge < -0.3 is 5.32 Å². The summed E-state index contributed by atoms with van der Waals surface area (Å²) in [7, 11) is 0. The Morgan fingerprint density at radius 1 is 1.29 bits per heavy atom. The number of anilines is 2. The van der Waals surface area contributed by atoms with Gasteiger partial charge in [-0.1, -0.05) is 33.6 Å². The number of fused-ring (bicyclic) bond motifs is 1. The van der Waals surface area contributed by atoms with E-state index in [0.717, 1.165) is 41.3 Å². The minimum Gasteiger partial charge on any atom is -0.369 e. The van der Waals surface area contributed by atoms with Crippen LogP contribution in [0.2, 0.25) is 0 Å². The van der Waals surface area contributed by atoms with E-state index in [1.807, 2.05) is 0 Å². The number of hydrogen-bond donors (Lipinski definition) is 3. The molecular formula is C15H25N5S. The first-order chi connectivity index (χ1) is 10.1. The lowest BCUT2D eigenvalue weighted by Crippen LogP contribution is -2.12. The van der Waals surface area contributed by atoms with Gasteiger partial charge in [-0.3, -0.25) is 5.43 Å². The van der Waals surface area contributed by atoms with Crippen molar-refractivity contribution in [1.82, 2.24) is 9.97 Å². The summed E-state index contributed by atoms with van der Waals surface area (Å²) in [6, 6.07) is 2.18. The van der Waals surface area contributed by atoms with Crippen LogP contribution in [0.15, 0.2) is 6.07 Å². The van der Waals surface area contributed by atoms with E-state index in [9.17, 15) is 0 Å². The second-order valence-corrected chi connectivity index (χ2v) is 6.76. The molecule has 0 saturated heterocycles. The van der Waals surface area contributed by atoms with Gasteiger partial charge in [-0.2, -0.15) is 4.98 Å². The molecule has 0 aromatic carbocycles. The van der Waals surface area contributed by atoms with Crippen LogP contribution in [0.5, 0.6) is 0 Å². The van der Waals surface area contributed by atoms with Gasteiger partial charge in [0.15, 0.2) is 0 Å². The van der Waals surface area contributed by atoms with Gasteiger partial charge in [0, 0.05) is 11.4 Å². The maximum Gasteiger partial charge on any atom is 0.240 e. The molecule has 2 aromatic rings. The summed E-state index contributed by atoms with van der Waals surface area (Å²) in [5.74, 6) is 7.58. The van der Waals surface area contributed by atoms with Crippen LogP contribution in [0.1, 0.15) is 44.9 Å². The Kier molecular flexibility index (Phi) is 5.76. The van der Waals surface area contributed by atoms with E-state index in [-0.39, 0.29) is 0 Å². The van der Waals surface area contributed by atoms with Crippen LogP contribution >= 0.6 is 11.3 Å². The lowest BCUT2D eigenvalue weighted by molar-refractivity contribution is 0.544. The number of nitrogens with zero attached hydrogens (tertiary/aromatic N) is 2. The summed E-state index contributed by atoms with van der Waals surface area (Å²) in [6.45, 7) is 7.61. The minimum atomic E-state index is 0.469. The third kappa shape index (κ3) is 4.28. The highest BCUT2D eigenvalue weighted by atomic mass is 32.1. The molecule has 0 saturated carbocycles. The largest absolute Gasteiger partial charge is 0.369 e. The Morgan fingerprint density at radius 3 is 2.76 bits per heavy atom. The predicted octanol–water partition coefficient (Wildman–Crippen LogP) is 3.78. The molecule has 0 aliphatic carbocycles. The zero-order valence-corrected chi connectivity index (χ0v) is 13.9. The zero-order valence-electron chi connectivity index (χ0n) is 13.1. The summed E-state index contributed by atoms with van der Waals surface area (Å²) >= 11 is 1.70. The first-order valence-electron chi connectivity index (χ1n) is 7.65. The van der Waals surface area contributed by atoms with E-state index in [4.69, 9.17) is 5.84 Å². The van der Waals surface area contributed by atoms with Gasteiger partial charge in [-0.15, -0.1) is 11.3 Å². The molecule has 0 aliphatic rings. The number of hydrogen-bond acceptors (Lipinski definition) is 6. The molecule has 0 bridgehead atoms. The molecule has 2 rings (SSSR count). The molecule has 0 fully saturated rings. The van der Waals surface area contributed by atoms with Crippen molar-refractivity contribution in [1.29, 1.82) is 0 Å². The van der Waals surface area contributed by atoms with Gasteiger partial charge in [0.2, 0.25) is 5.95 Å². The van der Waals surface area contributed by atoms with Crippen LogP contribution in [0.3, 0.4) is 0 Å². The van der Waals surface area contributed by atoms with Crippen LogP contribution in [-0.4, -0.2) is 16.5 Å². The molecule has 0 aliphatic heterocycles. The predicted molar refractivity (Wildman–Crippen MR) is 91.8 cm³/mol. The Bertz CT molecular complexity index is 579. The molecule has 0 spiro atoms. The van der Waals surface area contributed by atoms with E-state index in [1.54, 1.807) is 11.3 Å². The van der Waals surface area contributed by atoms with Crippen LogP contribution in [-0.2, 0) is 6.42 Å². The molecule has 21 heavy (non-hydrogen) atoms. The van der Waals surface area contributed by atoms with E-state index in [2.05, 4.69) is 47.5 Å². The Hall–Kier alpha value is -1.40. The van der Waals surface area contributed by atoms with Crippen molar-refractivity contribution in [3.05, 3.63) is 10.9 Å². The number of thiophene rings is 1. The molecular weight excluding hydrogens is 282 g/mol. The Balaban J connectivity index is 2.08. The minimum absolute atomic E-state index is 0.469. The van der Waals surface area contributed by atoms with Crippen LogP contribution in [0.4, 0.5) is 11.8 Å². The summed E-state index contributed by atoms with van der Waals surface area (Å²) in [4.78, 5) is 11.2. The fourth-order valence-electron chi connectivity index (χ4n) is 2.23. The summed E-state index contributed by atoms with van der Waals surface area (Å²) < 4.78 is 0. The van der Waals surface area contributed by atoms with Gasteiger partial charge in [0.1, 0.15) is 10.6 Å². The van der Waals surface area contributed by atoms with Gasteiger partial charge in [-0.05, 0) is 24.8 Å². The number of aryl methyl sites for hydroxylation is 1. The van der Waals surface area contributed by atoms with Gasteiger partial charge in [0.05, 0.1) is 5.39 Å². The molecule has 4 N–H and O–H groups in total. The van der Waals surface area contributed by atoms with Gasteiger partial charge in [-0.25, -0.2) is 10.8 Å². The van der Waals surface area contributed by atoms with E-state index >= 15 is 0 Å². The molecule has 0 radical (unpaired) electrons. The number of rotatable bonds is 8. The fourth-order valence-corrected chi connectivity index (χ4v) is 3.20. The van der Waals surface area contributed by atoms with E-state index < -0.39 is 0 Å². The highest BCUT2D eigenvalue weighted by Crippen LogP contribution is 2.30. The van der Waals surface area contributed by atoms with Crippen LogP contribution in [0, 0.1) is 5.92 Å². The van der Waals surface area contributed by atoms with Crippen LogP contribution < -0.4 is 16.6 Å². The standard InChI is InChI=1S/C15H25N5S/c1-4-11-9-12-13(17-8-6-5-7-10(2)3)18-15(20-16)19-14(12)21-11/h9-10H,4-8,16H2,1-3H3,(H2,17,18,19,20). The van der Waals surface area contributed by atoms with Gasteiger partial charge in [0.25, 0.3) is 0 Å². The molecule has 0 amide bonds. The first kappa shape index (κ1) is 16.0. The molecule has 0 unspecified atom stereocenters. The lowest BCUT2D eigenvalue weighted by atomic mass is 10.1. The van der Waals surface area contributed by atoms with Crippen molar-refractivity contribution in [2.45, 2.75) is 46.5 Å². The summed E-state index contributed by atoms with van der Waals surface area (Å²) in [5, 5.41) is 4.53. The lowest BCUT2D eigenvalue weighted by Gasteiger charge is -2.09.